The Balaban J connectivity index is 2.80. The van der Waals surface area contributed by atoms with E-state index in [1.807, 2.05) is 30.3 Å². The molecule has 2 atom stereocenters. The zero-order valence-corrected chi connectivity index (χ0v) is 8.40. The summed E-state index contributed by atoms with van der Waals surface area (Å²) in [6.07, 6.45) is -0.873. The predicted molar refractivity (Wildman–Crippen MR) is 55.6 cm³/mol. The van der Waals surface area contributed by atoms with Gasteiger partial charge in [-0.05, 0) is 12.5 Å². The standard InChI is InChI=1S/C12H14O2/c1-10(13)8-9-12(14-2)11-6-4-3-5-7-11/h3-7,10,12-13H,1-2H3. The molecule has 0 radical (unpaired) electrons. The first-order valence-corrected chi connectivity index (χ1v) is 4.51. The Morgan fingerprint density at radius 1 is 1.21 bits per heavy atom. The third-order valence-corrected chi connectivity index (χ3v) is 1.76. The molecule has 0 aliphatic carbocycles. The van der Waals surface area contributed by atoms with Crippen LogP contribution in [0, 0.1) is 11.8 Å². The molecule has 0 aliphatic rings. The van der Waals surface area contributed by atoms with Gasteiger partial charge in [0.2, 0.25) is 0 Å². The van der Waals surface area contributed by atoms with Gasteiger partial charge in [0.25, 0.3) is 0 Å². The van der Waals surface area contributed by atoms with Crippen molar-refractivity contribution in [3.05, 3.63) is 35.9 Å². The number of hydrogen-bond donors (Lipinski definition) is 1. The Hall–Kier alpha value is -1.30. The van der Waals surface area contributed by atoms with Gasteiger partial charge in [-0.15, -0.1) is 0 Å². The molecule has 1 rings (SSSR count). The van der Waals surface area contributed by atoms with E-state index in [-0.39, 0.29) is 6.10 Å². The molecule has 74 valence electrons. The molecule has 2 heteroatoms. The Morgan fingerprint density at radius 3 is 2.36 bits per heavy atom. The number of methoxy groups -OCH3 is 1. The van der Waals surface area contributed by atoms with Crippen molar-refractivity contribution in [3.8, 4) is 11.8 Å². The lowest BCUT2D eigenvalue weighted by Gasteiger charge is -2.08. The summed E-state index contributed by atoms with van der Waals surface area (Å²) in [5, 5.41) is 9.01. The van der Waals surface area contributed by atoms with Gasteiger partial charge in [-0.2, -0.15) is 0 Å². The van der Waals surface area contributed by atoms with Crippen LogP contribution < -0.4 is 0 Å². The zero-order chi connectivity index (χ0) is 10.4. The molecule has 1 N–H and O–H groups in total. The third-order valence-electron chi connectivity index (χ3n) is 1.76. The maximum absolute atomic E-state index is 9.01. The SMILES string of the molecule is COC(C#CC(C)O)c1ccccc1. The van der Waals surface area contributed by atoms with E-state index in [0.717, 1.165) is 5.56 Å². The van der Waals surface area contributed by atoms with Gasteiger partial charge < -0.3 is 9.84 Å². The summed E-state index contributed by atoms with van der Waals surface area (Å²) in [6, 6.07) is 9.71. The molecule has 0 saturated carbocycles. The van der Waals surface area contributed by atoms with Crippen molar-refractivity contribution in [2.24, 2.45) is 0 Å². The molecule has 0 fully saturated rings. The van der Waals surface area contributed by atoms with Crippen LogP contribution in [-0.2, 0) is 4.74 Å². The summed E-state index contributed by atoms with van der Waals surface area (Å²) in [6.45, 7) is 1.63. The van der Waals surface area contributed by atoms with Gasteiger partial charge in [0.1, 0.15) is 12.2 Å². The van der Waals surface area contributed by atoms with E-state index in [9.17, 15) is 0 Å². The van der Waals surface area contributed by atoms with Crippen LogP contribution in [-0.4, -0.2) is 18.3 Å². The van der Waals surface area contributed by atoms with Crippen molar-refractivity contribution >= 4 is 0 Å². The van der Waals surface area contributed by atoms with E-state index in [0.29, 0.717) is 0 Å². The Morgan fingerprint density at radius 2 is 1.86 bits per heavy atom. The highest BCUT2D eigenvalue weighted by molar-refractivity contribution is 5.25. The van der Waals surface area contributed by atoms with Crippen molar-refractivity contribution in [1.29, 1.82) is 0 Å². The van der Waals surface area contributed by atoms with Crippen molar-refractivity contribution in [2.45, 2.75) is 19.1 Å². The normalized spacial score (nSPS) is 13.9. The molecule has 0 spiro atoms. The number of aliphatic hydroxyl groups is 1. The molecule has 0 bridgehead atoms. The van der Waals surface area contributed by atoms with Crippen LogP contribution in [0.4, 0.5) is 0 Å². The van der Waals surface area contributed by atoms with Gasteiger partial charge in [0.05, 0.1) is 0 Å². The minimum Gasteiger partial charge on any atom is -0.381 e. The van der Waals surface area contributed by atoms with E-state index in [1.54, 1.807) is 14.0 Å². The second kappa shape index (κ2) is 5.43. The van der Waals surface area contributed by atoms with Gasteiger partial charge >= 0.3 is 0 Å². The molecule has 14 heavy (non-hydrogen) atoms. The average molecular weight is 190 g/mol. The van der Waals surface area contributed by atoms with Crippen LogP contribution in [0.2, 0.25) is 0 Å². The topological polar surface area (TPSA) is 29.5 Å². The van der Waals surface area contributed by atoms with Gasteiger partial charge in [-0.1, -0.05) is 42.2 Å². The van der Waals surface area contributed by atoms with E-state index >= 15 is 0 Å². The van der Waals surface area contributed by atoms with Crippen LogP contribution >= 0.6 is 0 Å². The first kappa shape index (κ1) is 10.8. The van der Waals surface area contributed by atoms with Crippen molar-refractivity contribution in [3.63, 3.8) is 0 Å². The summed E-state index contributed by atoms with van der Waals surface area (Å²) < 4.78 is 5.20. The number of aliphatic hydroxyl groups excluding tert-OH is 1. The molecule has 2 unspecified atom stereocenters. The van der Waals surface area contributed by atoms with E-state index in [4.69, 9.17) is 9.84 Å². The van der Waals surface area contributed by atoms with Crippen LogP contribution in [0.25, 0.3) is 0 Å². The van der Waals surface area contributed by atoms with E-state index in [2.05, 4.69) is 11.8 Å². The first-order chi connectivity index (χ1) is 6.74. The maximum atomic E-state index is 9.01. The fourth-order valence-electron chi connectivity index (χ4n) is 1.10. The largest absolute Gasteiger partial charge is 0.381 e. The highest BCUT2D eigenvalue weighted by atomic mass is 16.5. The summed E-state index contributed by atoms with van der Waals surface area (Å²) >= 11 is 0. The minimum absolute atomic E-state index is 0.259. The van der Waals surface area contributed by atoms with Gasteiger partial charge in [0.15, 0.2) is 0 Å². The van der Waals surface area contributed by atoms with Crippen molar-refractivity contribution in [1.82, 2.24) is 0 Å². The number of rotatable bonds is 2. The smallest absolute Gasteiger partial charge is 0.143 e. The second-order valence-corrected chi connectivity index (χ2v) is 2.99. The van der Waals surface area contributed by atoms with Crippen LogP contribution in [0.5, 0.6) is 0 Å². The highest BCUT2D eigenvalue weighted by Crippen LogP contribution is 2.14. The quantitative estimate of drug-likeness (QED) is 0.720. The lowest BCUT2D eigenvalue weighted by atomic mass is 10.1. The predicted octanol–water partition coefficient (Wildman–Crippen LogP) is 1.76. The molecule has 0 saturated heterocycles. The zero-order valence-electron chi connectivity index (χ0n) is 8.40. The minimum atomic E-state index is -0.614. The fourth-order valence-corrected chi connectivity index (χ4v) is 1.10. The van der Waals surface area contributed by atoms with Crippen LogP contribution in [0.15, 0.2) is 30.3 Å². The lowest BCUT2D eigenvalue weighted by molar-refractivity contribution is 0.149. The molecule has 0 aliphatic heterocycles. The maximum Gasteiger partial charge on any atom is 0.143 e. The van der Waals surface area contributed by atoms with Gasteiger partial charge in [-0.3, -0.25) is 0 Å². The van der Waals surface area contributed by atoms with Crippen molar-refractivity contribution in [2.75, 3.05) is 7.11 Å². The van der Waals surface area contributed by atoms with E-state index in [1.165, 1.54) is 0 Å². The van der Waals surface area contributed by atoms with Crippen molar-refractivity contribution < 1.29 is 9.84 Å². The van der Waals surface area contributed by atoms with Gasteiger partial charge in [0, 0.05) is 7.11 Å². The Bertz CT molecular complexity index is 319. The summed E-state index contributed by atoms with van der Waals surface area (Å²) in [7, 11) is 1.61. The van der Waals surface area contributed by atoms with Gasteiger partial charge in [-0.25, -0.2) is 0 Å². The Kier molecular flexibility index (Phi) is 4.18. The van der Waals surface area contributed by atoms with Crippen LogP contribution in [0.1, 0.15) is 18.6 Å². The fraction of sp³-hybridized carbons (Fsp3) is 0.333. The molecule has 0 aromatic heterocycles. The summed E-state index contributed by atoms with van der Waals surface area (Å²) in [5.41, 5.74) is 1.00. The lowest BCUT2D eigenvalue weighted by Crippen LogP contribution is -2.00. The molecular weight excluding hydrogens is 176 g/mol. The monoisotopic (exact) mass is 190 g/mol. The highest BCUT2D eigenvalue weighted by Gasteiger charge is 2.04. The third kappa shape index (κ3) is 3.21. The molecule has 0 heterocycles. The second-order valence-electron chi connectivity index (χ2n) is 2.99. The number of benzene rings is 1. The molecule has 0 amide bonds. The molecule has 1 aromatic carbocycles. The van der Waals surface area contributed by atoms with E-state index < -0.39 is 6.10 Å². The summed E-state index contributed by atoms with van der Waals surface area (Å²) in [5.74, 6) is 5.54. The number of ether oxygens (including phenoxy) is 1. The summed E-state index contributed by atoms with van der Waals surface area (Å²) in [4.78, 5) is 0. The molecular formula is C12H14O2. The molecule has 1 aromatic rings. The molecule has 2 nitrogen and oxygen atoms in total. The first-order valence-electron chi connectivity index (χ1n) is 4.51. The Labute approximate surface area is 84.5 Å². The van der Waals surface area contributed by atoms with Crippen LogP contribution in [0.3, 0.4) is 0 Å². The number of hydrogen-bond acceptors (Lipinski definition) is 2. The average Bonchev–Trinajstić information content (AvgIpc) is 2.20.